The van der Waals surface area contributed by atoms with Crippen LogP contribution in [0.2, 0.25) is 0 Å². The van der Waals surface area contributed by atoms with Crippen LogP contribution in [0.25, 0.3) is 0 Å². The first-order chi connectivity index (χ1) is 10.3. The smallest absolute Gasteiger partial charge is 0.265 e. The second kappa shape index (κ2) is 6.64. The SMILES string of the molecule is NCC#Cc1ccsc1C(=O)N1CCC[C@H]2CCCC[C@H]21. The van der Waals surface area contributed by atoms with E-state index in [9.17, 15) is 4.79 Å². The summed E-state index contributed by atoms with van der Waals surface area (Å²) in [6.45, 7) is 1.24. The zero-order chi connectivity index (χ0) is 14.7. The lowest BCUT2D eigenvalue weighted by Crippen LogP contribution is -2.49. The molecule has 1 saturated carbocycles. The van der Waals surface area contributed by atoms with Gasteiger partial charge in [0.15, 0.2) is 0 Å². The van der Waals surface area contributed by atoms with Crippen LogP contribution in [-0.2, 0) is 0 Å². The van der Waals surface area contributed by atoms with Crippen molar-refractivity contribution in [3.05, 3.63) is 21.9 Å². The first-order valence-corrected chi connectivity index (χ1v) is 8.76. The van der Waals surface area contributed by atoms with Crippen molar-refractivity contribution in [2.75, 3.05) is 13.1 Å². The molecule has 1 aliphatic heterocycles. The molecule has 0 aromatic carbocycles. The monoisotopic (exact) mass is 302 g/mol. The molecule has 1 saturated heterocycles. The van der Waals surface area contributed by atoms with Gasteiger partial charge in [-0.15, -0.1) is 11.3 Å². The number of fused-ring (bicyclic) bond motifs is 1. The molecule has 2 atom stereocenters. The van der Waals surface area contributed by atoms with Crippen LogP contribution < -0.4 is 5.73 Å². The fourth-order valence-electron chi connectivity index (χ4n) is 3.73. The Morgan fingerprint density at radius 3 is 3.00 bits per heavy atom. The van der Waals surface area contributed by atoms with Crippen molar-refractivity contribution in [2.24, 2.45) is 11.7 Å². The minimum Gasteiger partial charge on any atom is -0.335 e. The number of carbonyl (C=O) groups is 1. The molecule has 3 rings (SSSR count). The third-order valence-electron chi connectivity index (χ3n) is 4.69. The van der Waals surface area contributed by atoms with E-state index in [2.05, 4.69) is 16.7 Å². The summed E-state index contributed by atoms with van der Waals surface area (Å²) >= 11 is 1.51. The Morgan fingerprint density at radius 1 is 1.33 bits per heavy atom. The van der Waals surface area contributed by atoms with Gasteiger partial charge in [-0.25, -0.2) is 0 Å². The fourth-order valence-corrected chi connectivity index (χ4v) is 4.53. The summed E-state index contributed by atoms with van der Waals surface area (Å²) in [6, 6.07) is 2.39. The van der Waals surface area contributed by atoms with Gasteiger partial charge in [-0.05, 0) is 43.0 Å². The standard InChI is InChI=1S/C17H22N2OS/c18-10-3-6-14-9-12-21-16(14)17(20)19-11-4-7-13-5-1-2-8-15(13)19/h9,12-13,15H,1-2,4-5,7-8,10-11,18H2/t13-,15-/m1/s1. The highest BCUT2D eigenvalue weighted by Crippen LogP contribution is 2.36. The summed E-state index contributed by atoms with van der Waals surface area (Å²) in [4.78, 5) is 15.9. The van der Waals surface area contributed by atoms with Crippen LogP contribution in [0.4, 0.5) is 0 Å². The Bertz CT molecular complexity index is 567. The molecule has 0 radical (unpaired) electrons. The summed E-state index contributed by atoms with van der Waals surface area (Å²) in [5.41, 5.74) is 6.28. The molecule has 1 aromatic rings. The molecule has 1 aromatic heterocycles. The zero-order valence-corrected chi connectivity index (χ0v) is 13.1. The van der Waals surface area contributed by atoms with Crippen molar-refractivity contribution in [3.63, 3.8) is 0 Å². The molecule has 21 heavy (non-hydrogen) atoms. The van der Waals surface area contributed by atoms with Crippen LogP contribution in [0.5, 0.6) is 0 Å². The predicted molar refractivity (Wildman–Crippen MR) is 86.3 cm³/mol. The molecule has 4 heteroatoms. The minimum atomic E-state index is 0.183. The van der Waals surface area contributed by atoms with Gasteiger partial charge in [0.1, 0.15) is 4.88 Å². The van der Waals surface area contributed by atoms with E-state index in [0.717, 1.165) is 29.3 Å². The lowest BCUT2D eigenvalue weighted by Gasteiger charge is -2.44. The van der Waals surface area contributed by atoms with E-state index in [1.807, 2.05) is 11.4 Å². The molecular formula is C17H22N2OS. The molecule has 1 amide bonds. The number of piperidine rings is 1. The number of hydrogen-bond acceptors (Lipinski definition) is 3. The maximum absolute atomic E-state index is 12.9. The Morgan fingerprint density at radius 2 is 2.14 bits per heavy atom. The summed E-state index contributed by atoms with van der Waals surface area (Å²) in [5, 5.41) is 1.95. The molecule has 2 heterocycles. The van der Waals surface area contributed by atoms with Gasteiger partial charge < -0.3 is 10.6 Å². The number of nitrogens with zero attached hydrogens (tertiary/aromatic N) is 1. The Hall–Kier alpha value is -1.31. The first-order valence-electron chi connectivity index (χ1n) is 7.88. The lowest BCUT2D eigenvalue weighted by atomic mass is 9.78. The predicted octanol–water partition coefficient (Wildman–Crippen LogP) is 2.85. The van der Waals surface area contributed by atoms with E-state index in [0.29, 0.717) is 12.6 Å². The quantitative estimate of drug-likeness (QED) is 0.811. The summed E-state index contributed by atoms with van der Waals surface area (Å²) in [6.07, 6.45) is 7.48. The van der Waals surface area contributed by atoms with Gasteiger partial charge in [0.05, 0.1) is 6.54 Å². The van der Waals surface area contributed by atoms with Gasteiger partial charge >= 0.3 is 0 Å². The van der Waals surface area contributed by atoms with Crippen LogP contribution in [0, 0.1) is 17.8 Å². The molecule has 0 spiro atoms. The number of carbonyl (C=O) groups excluding carboxylic acids is 1. The average Bonchev–Trinajstić information content (AvgIpc) is 3.00. The molecule has 1 aliphatic carbocycles. The van der Waals surface area contributed by atoms with Crippen LogP contribution in [0.15, 0.2) is 11.4 Å². The van der Waals surface area contributed by atoms with E-state index in [-0.39, 0.29) is 5.91 Å². The largest absolute Gasteiger partial charge is 0.335 e. The van der Waals surface area contributed by atoms with E-state index >= 15 is 0 Å². The highest BCUT2D eigenvalue weighted by atomic mass is 32.1. The number of rotatable bonds is 1. The Kier molecular flexibility index (Phi) is 4.62. The van der Waals surface area contributed by atoms with Gasteiger partial charge in [-0.3, -0.25) is 4.79 Å². The number of thiophene rings is 1. The number of amides is 1. The normalized spacial score (nSPS) is 24.9. The third-order valence-corrected chi connectivity index (χ3v) is 5.59. The van der Waals surface area contributed by atoms with Gasteiger partial charge in [-0.2, -0.15) is 0 Å². The van der Waals surface area contributed by atoms with Crippen LogP contribution in [-0.4, -0.2) is 29.9 Å². The molecule has 112 valence electrons. The topological polar surface area (TPSA) is 46.3 Å². The van der Waals surface area contributed by atoms with Crippen LogP contribution in [0.3, 0.4) is 0 Å². The highest BCUT2D eigenvalue weighted by molar-refractivity contribution is 7.12. The molecule has 0 unspecified atom stereocenters. The number of likely N-dealkylation sites (tertiary alicyclic amines) is 1. The molecule has 0 bridgehead atoms. The van der Waals surface area contributed by atoms with Crippen molar-refractivity contribution in [1.29, 1.82) is 0 Å². The molecule has 2 aliphatic rings. The van der Waals surface area contributed by atoms with E-state index in [4.69, 9.17) is 5.73 Å². The Balaban J connectivity index is 1.82. The second-order valence-electron chi connectivity index (χ2n) is 5.92. The van der Waals surface area contributed by atoms with Crippen molar-refractivity contribution in [1.82, 2.24) is 4.90 Å². The Labute approximate surface area is 130 Å². The maximum Gasteiger partial charge on any atom is 0.265 e. The van der Waals surface area contributed by atoms with E-state index in [1.54, 1.807) is 0 Å². The average molecular weight is 302 g/mol. The lowest BCUT2D eigenvalue weighted by molar-refractivity contribution is 0.0395. The highest BCUT2D eigenvalue weighted by Gasteiger charge is 2.36. The molecular weight excluding hydrogens is 280 g/mol. The third kappa shape index (κ3) is 3.00. The van der Waals surface area contributed by atoms with Gasteiger partial charge in [0.25, 0.3) is 5.91 Å². The van der Waals surface area contributed by atoms with Gasteiger partial charge in [0.2, 0.25) is 0 Å². The van der Waals surface area contributed by atoms with Gasteiger partial charge in [-0.1, -0.05) is 24.7 Å². The van der Waals surface area contributed by atoms with Crippen LogP contribution >= 0.6 is 11.3 Å². The van der Waals surface area contributed by atoms with E-state index < -0.39 is 0 Å². The summed E-state index contributed by atoms with van der Waals surface area (Å²) < 4.78 is 0. The van der Waals surface area contributed by atoms with Crippen molar-refractivity contribution in [3.8, 4) is 11.8 Å². The molecule has 2 fully saturated rings. The first kappa shape index (κ1) is 14.6. The molecule has 2 N–H and O–H groups in total. The summed E-state index contributed by atoms with van der Waals surface area (Å²) in [7, 11) is 0. The number of hydrogen-bond donors (Lipinski definition) is 1. The van der Waals surface area contributed by atoms with Crippen LogP contribution in [0.1, 0.15) is 53.8 Å². The van der Waals surface area contributed by atoms with Crippen molar-refractivity contribution < 1.29 is 4.79 Å². The molecule has 3 nitrogen and oxygen atoms in total. The number of nitrogens with two attached hydrogens (primary N) is 1. The van der Waals surface area contributed by atoms with Gasteiger partial charge in [0, 0.05) is 18.2 Å². The zero-order valence-electron chi connectivity index (χ0n) is 12.3. The van der Waals surface area contributed by atoms with Crippen molar-refractivity contribution in [2.45, 2.75) is 44.6 Å². The maximum atomic E-state index is 12.9. The summed E-state index contributed by atoms with van der Waals surface area (Å²) in [5.74, 6) is 6.79. The second-order valence-corrected chi connectivity index (χ2v) is 6.84. The van der Waals surface area contributed by atoms with Crippen molar-refractivity contribution >= 4 is 17.2 Å². The minimum absolute atomic E-state index is 0.183. The van der Waals surface area contributed by atoms with E-state index in [1.165, 1.54) is 43.4 Å². The fraction of sp³-hybridized carbons (Fsp3) is 0.588.